The number of hydrogen-bond acceptors (Lipinski definition) is 3. The van der Waals surface area contributed by atoms with Crippen molar-refractivity contribution in [2.45, 2.75) is 18.8 Å². The van der Waals surface area contributed by atoms with E-state index in [9.17, 15) is 4.79 Å². The highest BCUT2D eigenvalue weighted by Gasteiger charge is 2.47. The molecule has 0 bridgehead atoms. The molecule has 0 radical (unpaired) electrons. The maximum absolute atomic E-state index is 13.2. The summed E-state index contributed by atoms with van der Waals surface area (Å²) in [7, 11) is 0. The summed E-state index contributed by atoms with van der Waals surface area (Å²) in [5.74, 6) is 0.556. The van der Waals surface area contributed by atoms with Crippen LogP contribution in [-0.2, 0) is 11.3 Å². The van der Waals surface area contributed by atoms with Crippen LogP contribution < -0.4 is 4.74 Å². The van der Waals surface area contributed by atoms with Gasteiger partial charge in [0.15, 0.2) is 11.9 Å². The molecule has 2 atom stereocenters. The molecule has 1 heterocycles. The number of ketones is 1. The third-order valence-corrected chi connectivity index (χ3v) is 5.27. The average Bonchev–Trinajstić information content (AvgIpc) is 3.58. The van der Waals surface area contributed by atoms with E-state index in [0.29, 0.717) is 17.9 Å². The summed E-state index contributed by atoms with van der Waals surface area (Å²) < 4.78 is 11.8. The number of ether oxygens (including phenoxy) is 2. The molecule has 1 saturated heterocycles. The van der Waals surface area contributed by atoms with Gasteiger partial charge in [-0.2, -0.15) is 0 Å². The standard InChI is InChI=1S/C26H20O3/c27-24(22-14-6-7-16-23(22)28-17-18-9-2-1-3-10-18)26-25(29-26)21-15-8-12-19-11-4-5-13-20(19)21/h1-16,25-26H,17H2/t25-,26+/m0/s1. The summed E-state index contributed by atoms with van der Waals surface area (Å²) in [6.45, 7) is 0.420. The fourth-order valence-corrected chi connectivity index (χ4v) is 3.73. The second-order valence-corrected chi connectivity index (χ2v) is 7.18. The third kappa shape index (κ3) is 3.53. The second kappa shape index (κ2) is 7.53. The average molecular weight is 380 g/mol. The van der Waals surface area contributed by atoms with E-state index in [1.807, 2.05) is 78.9 Å². The molecule has 142 valence electrons. The Morgan fingerprint density at radius 1 is 0.793 bits per heavy atom. The lowest BCUT2D eigenvalue weighted by atomic mass is 9.98. The van der Waals surface area contributed by atoms with Crippen LogP contribution in [0.25, 0.3) is 10.8 Å². The van der Waals surface area contributed by atoms with Gasteiger partial charge in [-0.25, -0.2) is 0 Å². The van der Waals surface area contributed by atoms with Crippen LogP contribution in [0.2, 0.25) is 0 Å². The Morgan fingerprint density at radius 3 is 2.41 bits per heavy atom. The first kappa shape index (κ1) is 17.7. The number of benzene rings is 4. The minimum absolute atomic E-state index is 0.0356. The monoisotopic (exact) mass is 380 g/mol. The third-order valence-electron chi connectivity index (χ3n) is 5.27. The van der Waals surface area contributed by atoms with Gasteiger partial charge in [-0.1, -0.05) is 84.9 Å². The molecule has 1 fully saturated rings. The molecule has 1 aliphatic heterocycles. The van der Waals surface area contributed by atoms with Gasteiger partial charge >= 0.3 is 0 Å². The number of hydrogen-bond donors (Lipinski definition) is 0. The number of fused-ring (bicyclic) bond motifs is 1. The zero-order valence-electron chi connectivity index (χ0n) is 15.8. The first-order chi connectivity index (χ1) is 14.3. The highest BCUT2D eigenvalue weighted by atomic mass is 16.6. The normalized spacial score (nSPS) is 17.8. The maximum Gasteiger partial charge on any atom is 0.198 e. The molecule has 4 aromatic rings. The maximum atomic E-state index is 13.2. The van der Waals surface area contributed by atoms with Crippen molar-refractivity contribution in [1.29, 1.82) is 0 Å². The SMILES string of the molecule is O=C(c1ccccc1OCc1ccccc1)[C@H]1O[C@H]1c1cccc2ccccc12. The first-order valence-corrected chi connectivity index (χ1v) is 9.74. The van der Waals surface area contributed by atoms with Gasteiger partial charge in [-0.05, 0) is 34.0 Å². The summed E-state index contributed by atoms with van der Waals surface area (Å²) in [5, 5.41) is 2.28. The van der Waals surface area contributed by atoms with Crippen molar-refractivity contribution in [2.75, 3.05) is 0 Å². The van der Waals surface area contributed by atoms with Crippen LogP contribution in [0.15, 0.2) is 97.1 Å². The van der Waals surface area contributed by atoms with Gasteiger partial charge in [-0.3, -0.25) is 4.79 Å². The van der Waals surface area contributed by atoms with Crippen LogP contribution in [0, 0.1) is 0 Å². The minimum atomic E-state index is -0.470. The van der Waals surface area contributed by atoms with E-state index < -0.39 is 6.10 Å². The molecule has 0 saturated carbocycles. The Balaban J connectivity index is 1.37. The van der Waals surface area contributed by atoms with Gasteiger partial charge in [0.25, 0.3) is 0 Å². The van der Waals surface area contributed by atoms with Gasteiger partial charge in [0.1, 0.15) is 18.5 Å². The number of rotatable bonds is 6. The molecule has 0 unspecified atom stereocenters. The second-order valence-electron chi connectivity index (χ2n) is 7.18. The fraction of sp³-hybridized carbons (Fsp3) is 0.115. The molecule has 3 nitrogen and oxygen atoms in total. The van der Waals surface area contributed by atoms with Gasteiger partial charge in [-0.15, -0.1) is 0 Å². The van der Waals surface area contributed by atoms with Crippen LogP contribution in [0.3, 0.4) is 0 Å². The highest BCUT2D eigenvalue weighted by molar-refractivity contribution is 6.04. The molecule has 0 amide bonds. The number of Topliss-reactive ketones (excluding diaryl/α,β-unsaturated/α-hetero) is 1. The van der Waals surface area contributed by atoms with E-state index in [1.54, 1.807) is 0 Å². The van der Waals surface area contributed by atoms with Crippen molar-refractivity contribution in [3.8, 4) is 5.75 Å². The molecule has 0 spiro atoms. The van der Waals surface area contributed by atoms with Crippen molar-refractivity contribution in [1.82, 2.24) is 0 Å². The number of para-hydroxylation sites is 1. The van der Waals surface area contributed by atoms with E-state index in [0.717, 1.165) is 21.9 Å². The van der Waals surface area contributed by atoms with Crippen LogP contribution in [-0.4, -0.2) is 11.9 Å². The molecule has 0 aromatic heterocycles. The predicted molar refractivity (Wildman–Crippen MR) is 113 cm³/mol. The zero-order chi connectivity index (χ0) is 19.6. The van der Waals surface area contributed by atoms with Crippen LogP contribution in [0.1, 0.15) is 27.6 Å². The summed E-state index contributed by atoms with van der Waals surface area (Å²) >= 11 is 0. The topological polar surface area (TPSA) is 38.8 Å². The summed E-state index contributed by atoms with van der Waals surface area (Å²) in [5.41, 5.74) is 2.69. The van der Waals surface area contributed by atoms with E-state index >= 15 is 0 Å². The lowest BCUT2D eigenvalue weighted by Gasteiger charge is -2.10. The van der Waals surface area contributed by atoms with Gasteiger partial charge in [0.2, 0.25) is 0 Å². The number of epoxide rings is 1. The molecular weight excluding hydrogens is 360 g/mol. The molecule has 0 N–H and O–H groups in total. The van der Waals surface area contributed by atoms with Gasteiger partial charge in [0, 0.05) is 0 Å². The Bertz CT molecular complexity index is 1160. The first-order valence-electron chi connectivity index (χ1n) is 9.74. The number of carbonyl (C=O) groups excluding carboxylic acids is 1. The van der Waals surface area contributed by atoms with Crippen molar-refractivity contribution >= 4 is 16.6 Å². The number of carbonyl (C=O) groups is 1. The van der Waals surface area contributed by atoms with E-state index in [-0.39, 0.29) is 11.9 Å². The predicted octanol–water partition coefficient (Wildman–Crippen LogP) is 5.74. The summed E-state index contributed by atoms with van der Waals surface area (Å²) in [6.07, 6.45) is -0.682. The van der Waals surface area contributed by atoms with Crippen LogP contribution in [0.4, 0.5) is 0 Å². The quantitative estimate of drug-likeness (QED) is 0.316. The van der Waals surface area contributed by atoms with E-state index in [1.165, 1.54) is 0 Å². The molecule has 4 aromatic carbocycles. The minimum Gasteiger partial charge on any atom is -0.488 e. The smallest absolute Gasteiger partial charge is 0.198 e. The van der Waals surface area contributed by atoms with Gasteiger partial charge < -0.3 is 9.47 Å². The van der Waals surface area contributed by atoms with Gasteiger partial charge in [0.05, 0.1) is 5.56 Å². The summed E-state index contributed by atoms with van der Waals surface area (Å²) in [4.78, 5) is 13.2. The molecular formula is C26H20O3. The zero-order valence-corrected chi connectivity index (χ0v) is 15.8. The van der Waals surface area contributed by atoms with Crippen molar-refractivity contribution in [3.63, 3.8) is 0 Å². The molecule has 3 heteroatoms. The molecule has 0 aliphatic carbocycles. The van der Waals surface area contributed by atoms with E-state index in [4.69, 9.17) is 9.47 Å². The lowest BCUT2D eigenvalue weighted by molar-refractivity contribution is 0.0949. The Labute approximate surface area is 169 Å². The Kier molecular flexibility index (Phi) is 4.59. The fourth-order valence-electron chi connectivity index (χ4n) is 3.73. The lowest BCUT2D eigenvalue weighted by Crippen LogP contribution is -2.11. The van der Waals surface area contributed by atoms with Crippen molar-refractivity contribution in [3.05, 3.63) is 114 Å². The molecule has 1 aliphatic rings. The van der Waals surface area contributed by atoms with Crippen molar-refractivity contribution < 1.29 is 14.3 Å². The largest absolute Gasteiger partial charge is 0.488 e. The van der Waals surface area contributed by atoms with Crippen LogP contribution in [0.5, 0.6) is 5.75 Å². The Morgan fingerprint density at radius 2 is 1.52 bits per heavy atom. The molecule has 5 rings (SSSR count). The van der Waals surface area contributed by atoms with Crippen molar-refractivity contribution in [2.24, 2.45) is 0 Å². The Hall–Kier alpha value is -3.43. The van der Waals surface area contributed by atoms with Crippen LogP contribution >= 0.6 is 0 Å². The summed E-state index contributed by atoms with van der Waals surface area (Å²) in [6, 6.07) is 31.6. The molecule has 29 heavy (non-hydrogen) atoms. The van der Waals surface area contributed by atoms with E-state index in [2.05, 4.69) is 18.2 Å². The highest BCUT2D eigenvalue weighted by Crippen LogP contribution is 2.44.